The van der Waals surface area contributed by atoms with Crippen molar-refractivity contribution >= 4 is 23.7 Å². The zero-order valence-electron chi connectivity index (χ0n) is 15.0. The highest BCUT2D eigenvalue weighted by atomic mass is 16.4. The molecule has 1 heterocycles. The largest absolute Gasteiger partial charge is 0.508 e. The van der Waals surface area contributed by atoms with Crippen LogP contribution >= 0.6 is 0 Å². The molecule has 10 nitrogen and oxygen atoms in total. The van der Waals surface area contributed by atoms with E-state index in [0.29, 0.717) is 25.8 Å². The SMILES string of the molecule is CC(=O)O.NC(N)=NCCC[C@@H]1NC(=O)[C@H](Cc2ccc(O)cc2)NC1=O. The predicted molar refractivity (Wildman–Crippen MR) is 98.9 cm³/mol. The molecule has 1 fully saturated rings. The first-order valence-corrected chi connectivity index (χ1v) is 8.32. The number of aromatic hydroxyl groups is 1. The van der Waals surface area contributed by atoms with Crippen LogP contribution in [0.15, 0.2) is 29.3 Å². The number of carboxylic acid groups (broad SMARTS) is 1. The number of nitrogens with two attached hydrogens (primary N) is 2. The van der Waals surface area contributed by atoms with Crippen molar-refractivity contribution in [3.05, 3.63) is 29.8 Å². The van der Waals surface area contributed by atoms with Crippen LogP contribution in [0.2, 0.25) is 0 Å². The molecule has 2 atom stereocenters. The zero-order chi connectivity index (χ0) is 20.4. The molecule has 0 spiro atoms. The molecule has 1 aliphatic heterocycles. The lowest BCUT2D eigenvalue weighted by atomic mass is 10.00. The van der Waals surface area contributed by atoms with Gasteiger partial charge in [0, 0.05) is 19.9 Å². The number of amides is 2. The summed E-state index contributed by atoms with van der Waals surface area (Å²) in [5.74, 6) is -1.09. The number of nitrogens with zero attached hydrogens (tertiary/aromatic N) is 1. The Kier molecular flexibility index (Phi) is 8.57. The average molecular weight is 379 g/mol. The lowest BCUT2D eigenvalue weighted by molar-refractivity contribution is -0.136. The highest BCUT2D eigenvalue weighted by Gasteiger charge is 2.33. The fourth-order valence-electron chi connectivity index (χ4n) is 2.39. The fraction of sp³-hybridized carbons (Fsp3) is 0.412. The van der Waals surface area contributed by atoms with E-state index in [1.807, 2.05) is 0 Å². The number of phenols is 1. The molecule has 2 rings (SSSR count). The van der Waals surface area contributed by atoms with Crippen molar-refractivity contribution < 1.29 is 24.6 Å². The second-order valence-corrected chi connectivity index (χ2v) is 5.96. The molecule has 0 radical (unpaired) electrons. The summed E-state index contributed by atoms with van der Waals surface area (Å²) < 4.78 is 0. The first-order chi connectivity index (χ1) is 12.7. The molecular weight excluding hydrogens is 354 g/mol. The molecule has 1 saturated heterocycles. The van der Waals surface area contributed by atoms with E-state index in [1.54, 1.807) is 24.3 Å². The van der Waals surface area contributed by atoms with Gasteiger partial charge in [0.15, 0.2) is 5.96 Å². The molecule has 0 saturated carbocycles. The van der Waals surface area contributed by atoms with E-state index in [9.17, 15) is 14.7 Å². The van der Waals surface area contributed by atoms with Crippen LogP contribution in [0.4, 0.5) is 0 Å². The van der Waals surface area contributed by atoms with Gasteiger partial charge in [-0.2, -0.15) is 0 Å². The van der Waals surface area contributed by atoms with Crippen LogP contribution in [0.3, 0.4) is 0 Å². The first-order valence-electron chi connectivity index (χ1n) is 8.32. The van der Waals surface area contributed by atoms with Gasteiger partial charge in [-0.25, -0.2) is 0 Å². The summed E-state index contributed by atoms with van der Waals surface area (Å²) in [4.78, 5) is 37.0. The van der Waals surface area contributed by atoms with E-state index in [2.05, 4.69) is 15.6 Å². The Balaban J connectivity index is 0.000000828. The van der Waals surface area contributed by atoms with Gasteiger partial charge in [0.1, 0.15) is 17.8 Å². The lowest BCUT2D eigenvalue weighted by Crippen LogP contribution is -2.62. The van der Waals surface area contributed by atoms with Crippen LogP contribution in [0.5, 0.6) is 5.75 Å². The number of phenolic OH excluding ortho intramolecular Hbond substituents is 1. The maximum atomic E-state index is 12.1. The second kappa shape index (κ2) is 10.6. The second-order valence-electron chi connectivity index (χ2n) is 5.96. The van der Waals surface area contributed by atoms with Crippen LogP contribution < -0.4 is 22.1 Å². The van der Waals surface area contributed by atoms with Gasteiger partial charge in [0.05, 0.1) is 0 Å². The topological polar surface area (TPSA) is 180 Å². The quantitative estimate of drug-likeness (QED) is 0.209. The number of aliphatic carboxylic acids is 1. The summed E-state index contributed by atoms with van der Waals surface area (Å²) in [6.45, 7) is 1.50. The van der Waals surface area contributed by atoms with E-state index < -0.39 is 18.1 Å². The molecule has 0 unspecified atom stereocenters. The molecule has 2 amide bonds. The Morgan fingerprint density at radius 1 is 1.11 bits per heavy atom. The number of rotatable bonds is 6. The number of piperazine rings is 1. The summed E-state index contributed by atoms with van der Waals surface area (Å²) in [7, 11) is 0. The number of nitrogens with one attached hydrogen (secondary N) is 2. The number of carboxylic acids is 1. The lowest BCUT2D eigenvalue weighted by Gasteiger charge is -2.29. The number of carbonyl (C=O) groups is 3. The van der Waals surface area contributed by atoms with E-state index in [-0.39, 0.29) is 23.5 Å². The molecule has 1 aliphatic rings. The third kappa shape index (κ3) is 8.56. The van der Waals surface area contributed by atoms with Gasteiger partial charge in [-0.05, 0) is 30.5 Å². The molecule has 8 N–H and O–H groups in total. The van der Waals surface area contributed by atoms with Gasteiger partial charge in [-0.1, -0.05) is 12.1 Å². The van der Waals surface area contributed by atoms with Gasteiger partial charge in [-0.15, -0.1) is 0 Å². The molecule has 0 bridgehead atoms. The third-order valence-electron chi connectivity index (χ3n) is 3.59. The van der Waals surface area contributed by atoms with Gasteiger partial charge in [0.2, 0.25) is 11.8 Å². The molecule has 1 aromatic carbocycles. The highest BCUT2D eigenvalue weighted by molar-refractivity contribution is 5.97. The average Bonchev–Trinajstić information content (AvgIpc) is 2.57. The maximum absolute atomic E-state index is 12.1. The summed E-state index contributed by atoms with van der Waals surface area (Å²) in [6, 6.07) is 5.36. The van der Waals surface area contributed by atoms with Crippen LogP contribution in [0.25, 0.3) is 0 Å². The van der Waals surface area contributed by atoms with Crippen molar-refractivity contribution in [3.8, 4) is 5.75 Å². The van der Waals surface area contributed by atoms with Crippen molar-refractivity contribution in [2.75, 3.05) is 6.54 Å². The molecule has 1 aromatic rings. The van der Waals surface area contributed by atoms with Gasteiger partial charge in [0.25, 0.3) is 5.97 Å². The van der Waals surface area contributed by atoms with Crippen molar-refractivity contribution in [1.29, 1.82) is 0 Å². The Morgan fingerprint density at radius 2 is 1.63 bits per heavy atom. The summed E-state index contributed by atoms with van der Waals surface area (Å²) in [6.07, 6.45) is 1.44. The zero-order valence-corrected chi connectivity index (χ0v) is 15.0. The van der Waals surface area contributed by atoms with Gasteiger partial charge >= 0.3 is 0 Å². The molecule has 0 aliphatic carbocycles. The predicted octanol–water partition coefficient (Wildman–Crippen LogP) is -0.938. The molecule has 0 aromatic heterocycles. The number of benzene rings is 1. The van der Waals surface area contributed by atoms with Crippen LogP contribution in [-0.2, 0) is 20.8 Å². The van der Waals surface area contributed by atoms with Crippen molar-refractivity contribution in [2.24, 2.45) is 16.5 Å². The minimum Gasteiger partial charge on any atom is -0.508 e. The molecule has 148 valence electrons. The van der Waals surface area contributed by atoms with E-state index >= 15 is 0 Å². The minimum absolute atomic E-state index is 0.0103. The smallest absolute Gasteiger partial charge is 0.300 e. The summed E-state index contributed by atoms with van der Waals surface area (Å²) >= 11 is 0. The van der Waals surface area contributed by atoms with Crippen molar-refractivity contribution in [2.45, 2.75) is 38.3 Å². The third-order valence-corrected chi connectivity index (χ3v) is 3.59. The van der Waals surface area contributed by atoms with Crippen LogP contribution in [-0.4, -0.2) is 52.6 Å². The Hall–Kier alpha value is -3.30. The molecular formula is C17H25N5O5. The number of hydrogen-bond donors (Lipinski definition) is 6. The van der Waals surface area contributed by atoms with Crippen LogP contribution in [0, 0.1) is 0 Å². The highest BCUT2D eigenvalue weighted by Crippen LogP contribution is 2.13. The van der Waals surface area contributed by atoms with Crippen LogP contribution in [0.1, 0.15) is 25.3 Å². The van der Waals surface area contributed by atoms with E-state index in [4.69, 9.17) is 21.4 Å². The Morgan fingerprint density at radius 3 is 2.19 bits per heavy atom. The van der Waals surface area contributed by atoms with Crippen molar-refractivity contribution in [1.82, 2.24) is 10.6 Å². The number of aliphatic imine (C=N–C) groups is 1. The first kappa shape index (κ1) is 21.7. The van der Waals surface area contributed by atoms with E-state index in [1.165, 1.54) is 0 Å². The number of carbonyl (C=O) groups excluding carboxylic acids is 2. The maximum Gasteiger partial charge on any atom is 0.300 e. The summed E-state index contributed by atoms with van der Waals surface area (Å²) in [5, 5.41) is 22.1. The van der Waals surface area contributed by atoms with Gasteiger partial charge < -0.3 is 32.3 Å². The van der Waals surface area contributed by atoms with Gasteiger partial charge in [-0.3, -0.25) is 19.4 Å². The number of hydrogen-bond acceptors (Lipinski definition) is 5. The molecule has 10 heteroatoms. The minimum atomic E-state index is -0.833. The van der Waals surface area contributed by atoms with E-state index in [0.717, 1.165) is 12.5 Å². The normalized spacial score (nSPS) is 18.4. The Labute approximate surface area is 156 Å². The fourth-order valence-corrected chi connectivity index (χ4v) is 2.39. The molecule has 27 heavy (non-hydrogen) atoms. The Bertz CT molecular complexity index is 681. The standard InChI is InChI=1S/C15H21N5O3.C2H4O2/c16-15(17)18-7-1-2-11-13(22)20-12(14(23)19-11)8-9-3-5-10(21)6-4-9;1-2(3)4/h3-6,11-12,21H,1-2,7-8H2,(H,19,23)(H,20,22)(H4,16,17,18);1H3,(H,3,4)/t11-,12-;/m0./s1. The number of guanidine groups is 1. The monoisotopic (exact) mass is 379 g/mol. The summed E-state index contributed by atoms with van der Waals surface area (Å²) in [5.41, 5.74) is 11.3. The van der Waals surface area contributed by atoms with Crippen molar-refractivity contribution in [3.63, 3.8) is 0 Å².